The van der Waals surface area contributed by atoms with Gasteiger partial charge in [-0.1, -0.05) is 38.1 Å². The Morgan fingerprint density at radius 2 is 1.81 bits per heavy atom. The van der Waals surface area contributed by atoms with Crippen molar-refractivity contribution >= 4 is 22.6 Å². The number of aromatic nitrogens is 2. The number of imidazole rings is 1. The smallest absolute Gasteiger partial charge is 0.255 e. The number of hydrogen-bond donors (Lipinski definition) is 3. The predicted octanol–water partition coefficient (Wildman–Crippen LogP) is 5.31. The molecule has 3 aromatic carbocycles. The van der Waals surface area contributed by atoms with Crippen LogP contribution in [0.5, 0.6) is 5.75 Å². The highest BCUT2D eigenvalue weighted by atomic mass is 16.5. The molecule has 6 heteroatoms. The summed E-state index contributed by atoms with van der Waals surface area (Å²) in [5, 5.41) is 6.59. The number of carbonyl (C=O) groups excluding carboxylic acids is 1. The first-order valence-corrected chi connectivity index (χ1v) is 10.8. The summed E-state index contributed by atoms with van der Waals surface area (Å²) in [4.78, 5) is 20.8. The van der Waals surface area contributed by atoms with Gasteiger partial charge < -0.3 is 20.4 Å². The maximum Gasteiger partial charge on any atom is 0.255 e. The zero-order valence-electron chi connectivity index (χ0n) is 18.6. The van der Waals surface area contributed by atoms with Gasteiger partial charge in [-0.2, -0.15) is 0 Å². The molecule has 0 aliphatic carbocycles. The predicted molar refractivity (Wildman–Crippen MR) is 128 cm³/mol. The Balaban J connectivity index is 1.43. The maximum atomic E-state index is 12.6. The second kappa shape index (κ2) is 9.66. The van der Waals surface area contributed by atoms with Gasteiger partial charge in [0.1, 0.15) is 11.6 Å². The van der Waals surface area contributed by atoms with E-state index in [4.69, 9.17) is 9.72 Å². The van der Waals surface area contributed by atoms with Crippen LogP contribution in [0, 0.1) is 5.92 Å². The average Bonchev–Trinajstić information content (AvgIpc) is 3.23. The molecule has 0 bridgehead atoms. The Bertz CT molecular complexity index is 1160. The summed E-state index contributed by atoms with van der Waals surface area (Å²) in [6.45, 7) is 5.01. The van der Waals surface area contributed by atoms with E-state index in [0.29, 0.717) is 18.0 Å². The van der Waals surface area contributed by atoms with Gasteiger partial charge in [-0.15, -0.1) is 0 Å². The van der Waals surface area contributed by atoms with Crippen LogP contribution in [-0.4, -0.2) is 23.0 Å². The molecule has 6 nitrogen and oxygen atoms in total. The lowest BCUT2D eigenvalue weighted by molar-refractivity contribution is 0.102. The number of para-hydroxylation sites is 2. The minimum absolute atomic E-state index is 0.0833. The van der Waals surface area contributed by atoms with Gasteiger partial charge in [0, 0.05) is 17.8 Å². The molecular formula is C26H28N4O2. The van der Waals surface area contributed by atoms with E-state index in [1.54, 1.807) is 31.4 Å². The number of aromatic amines is 1. The molecule has 1 aromatic heterocycles. The van der Waals surface area contributed by atoms with E-state index in [1.807, 2.05) is 48.5 Å². The van der Waals surface area contributed by atoms with Gasteiger partial charge in [0.25, 0.3) is 5.91 Å². The number of fused-ring (bicyclic) bond motifs is 1. The van der Waals surface area contributed by atoms with Gasteiger partial charge >= 0.3 is 0 Å². The number of hydrogen-bond acceptors (Lipinski definition) is 4. The molecule has 3 N–H and O–H groups in total. The number of benzene rings is 3. The van der Waals surface area contributed by atoms with Crippen molar-refractivity contribution in [1.82, 2.24) is 15.3 Å². The number of rotatable bonds is 8. The first-order chi connectivity index (χ1) is 15.5. The summed E-state index contributed by atoms with van der Waals surface area (Å²) in [5.74, 6) is 1.86. The minimum atomic E-state index is -0.153. The molecule has 1 amide bonds. The Morgan fingerprint density at radius 3 is 2.53 bits per heavy atom. The van der Waals surface area contributed by atoms with E-state index in [2.05, 4.69) is 29.5 Å². The van der Waals surface area contributed by atoms with E-state index in [1.165, 1.54) is 0 Å². The number of nitrogens with one attached hydrogen (secondary N) is 3. The SMILES string of the molecule is COc1ccc(C(=O)Nc2cccc(CNC(c3nc4ccccc4[nH]3)C(C)C)c2)cc1. The second-order valence-corrected chi connectivity index (χ2v) is 8.12. The molecule has 0 saturated heterocycles. The Hall–Kier alpha value is -3.64. The molecule has 0 fully saturated rings. The van der Waals surface area contributed by atoms with Gasteiger partial charge in [-0.05, 0) is 60.0 Å². The van der Waals surface area contributed by atoms with Crippen LogP contribution in [0.3, 0.4) is 0 Å². The third kappa shape index (κ3) is 4.98. The topological polar surface area (TPSA) is 79.0 Å². The van der Waals surface area contributed by atoms with Crippen molar-refractivity contribution in [2.24, 2.45) is 5.92 Å². The van der Waals surface area contributed by atoms with Crippen molar-refractivity contribution in [1.29, 1.82) is 0 Å². The molecule has 4 rings (SSSR count). The summed E-state index contributed by atoms with van der Waals surface area (Å²) in [7, 11) is 1.60. The fraction of sp³-hybridized carbons (Fsp3) is 0.231. The monoisotopic (exact) mass is 428 g/mol. The fourth-order valence-electron chi connectivity index (χ4n) is 3.70. The molecule has 0 aliphatic heterocycles. The molecule has 0 saturated carbocycles. The van der Waals surface area contributed by atoms with Crippen molar-refractivity contribution in [2.75, 3.05) is 12.4 Å². The Labute approximate surface area is 188 Å². The van der Waals surface area contributed by atoms with Crippen molar-refractivity contribution in [3.63, 3.8) is 0 Å². The van der Waals surface area contributed by atoms with E-state index >= 15 is 0 Å². The van der Waals surface area contributed by atoms with Crippen LogP contribution in [0.2, 0.25) is 0 Å². The largest absolute Gasteiger partial charge is 0.497 e. The number of H-pyrrole nitrogens is 1. The number of amides is 1. The average molecular weight is 429 g/mol. The number of methoxy groups -OCH3 is 1. The lowest BCUT2D eigenvalue weighted by Gasteiger charge is -2.20. The molecule has 1 unspecified atom stereocenters. The van der Waals surface area contributed by atoms with Crippen molar-refractivity contribution in [3.8, 4) is 5.75 Å². The quantitative estimate of drug-likeness (QED) is 0.355. The van der Waals surface area contributed by atoms with Crippen molar-refractivity contribution in [3.05, 3.63) is 89.7 Å². The van der Waals surface area contributed by atoms with Gasteiger partial charge in [-0.3, -0.25) is 4.79 Å². The summed E-state index contributed by atoms with van der Waals surface area (Å²) in [6, 6.07) is 23.1. The number of nitrogens with zero attached hydrogens (tertiary/aromatic N) is 1. The van der Waals surface area contributed by atoms with E-state index < -0.39 is 0 Å². The molecule has 0 spiro atoms. The summed E-state index contributed by atoms with van der Waals surface area (Å²) < 4.78 is 5.15. The molecule has 1 heterocycles. The highest BCUT2D eigenvalue weighted by molar-refractivity contribution is 6.04. The zero-order valence-corrected chi connectivity index (χ0v) is 18.6. The fourth-order valence-corrected chi connectivity index (χ4v) is 3.70. The molecule has 0 radical (unpaired) electrons. The van der Waals surface area contributed by atoms with Gasteiger partial charge in [-0.25, -0.2) is 4.98 Å². The number of carbonyl (C=O) groups is 1. The van der Waals surface area contributed by atoms with E-state index in [9.17, 15) is 4.79 Å². The molecule has 32 heavy (non-hydrogen) atoms. The van der Waals surface area contributed by atoms with Crippen LogP contribution in [0.4, 0.5) is 5.69 Å². The Morgan fingerprint density at radius 1 is 1.03 bits per heavy atom. The third-order valence-corrected chi connectivity index (χ3v) is 5.43. The molecular weight excluding hydrogens is 400 g/mol. The highest BCUT2D eigenvalue weighted by Crippen LogP contribution is 2.23. The van der Waals surface area contributed by atoms with Crippen LogP contribution in [-0.2, 0) is 6.54 Å². The normalized spacial score (nSPS) is 12.1. The summed E-state index contributed by atoms with van der Waals surface area (Å²) in [5.41, 5.74) is 4.43. The second-order valence-electron chi connectivity index (χ2n) is 8.12. The Kier molecular flexibility index (Phi) is 6.52. The van der Waals surface area contributed by atoms with Gasteiger partial charge in [0.2, 0.25) is 0 Å². The standard InChI is InChI=1S/C26H28N4O2/c1-17(2)24(25-29-22-9-4-5-10-23(22)30-25)27-16-18-7-6-8-20(15-18)28-26(31)19-11-13-21(32-3)14-12-19/h4-15,17,24,27H,16H2,1-3H3,(H,28,31)(H,29,30). The summed E-state index contributed by atoms with van der Waals surface area (Å²) >= 11 is 0. The maximum absolute atomic E-state index is 12.6. The van der Waals surface area contributed by atoms with E-state index in [-0.39, 0.29) is 11.9 Å². The third-order valence-electron chi connectivity index (χ3n) is 5.43. The van der Waals surface area contributed by atoms with Crippen LogP contribution in [0.25, 0.3) is 11.0 Å². The molecule has 1 atom stereocenters. The first kappa shape index (κ1) is 21.6. The molecule has 164 valence electrons. The lowest BCUT2D eigenvalue weighted by atomic mass is 10.0. The van der Waals surface area contributed by atoms with Crippen molar-refractivity contribution < 1.29 is 9.53 Å². The lowest BCUT2D eigenvalue weighted by Crippen LogP contribution is -2.26. The van der Waals surface area contributed by atoms with Crippen LogP contribution in [0.15, 0.2) is 72.8 Å². The zero-order chi connectivity index (χ0) is 22.5. The van der Waals surface area contributed by atoms with Gasteiger partial charge in [0.15, 0.2) is 0 Å². The highest BCUT2D eigenvalue weighted by Gasteiger charge is 2.19. The summed E-state index contributed by atoms with van der Waals surface area (Å²) in [6.07, 6.45) is 0. The first-order valence-electron chi connectivity index (χ1n) is 10.8. The van der Waals surface area contributed by atoms with Crippen LogP contribution < -0.4 is 15.4 Å². The van der Waals surface area contributed by atoms with Crippen LogP contribution >= 0.6 is 0 Å². The number of ether oxygens (including phenoxy) is 1. The molecule has 0 aliphatic rings. The minimum Gasteiger partial charge on any atom is -0.497 e. The number of anilines is 1. The van der Waals surface area contributed by atoms with Crippen LogP contribution in [0.1, 0.15) is 41.6 Å². The van der Waals surface area contributed by atoms with Gasteiger partial charge in [0.05, 0.1) is 24.2 Å². The molecule has 4 aromatic rings. The van der Waals surface area contributed by atoms with E-state index in [0.717, 1.165) is 33.9 Å². The van der Waals surface area contributed by atoms with Crippen molar-refractivity contribution in [2.45, 2.75) is 26.4 Å².